The van der Waals surface area contributed by atoms with Crippen LogP contribution < -0.4 is 5.32 Å². The van der Waals surface area contributed by atoms with Gasteiger partial charge in [-0.05, 0) is 25.1 Å². The lowest BCUT2D eigenvalue weighted by Crippen LogP contribution is -2.51. The minimum absolute atomic E-state index is 0.224. The van der Waals surface area contributed by atoms with Crippen molar-refractivity contribution in [3.8, 4) is 0 Å². The van der Waals surface area contributed by atoms with E-state index in [0.717, 1.165) is 5.69 Å². The SMILES string of the molecule is CCOC(=O)C1(Nc2cccc(Cl)c2)CCOCC1. The summed E-state index contributed by atoms with van der Waals surface area (Å²) in [4.78, 5) is 12.2. The van der Waals surface area contributed by atoms with Crippen LogP contribution in [0.3, 0.4) is 0 Å². The third kappa shape index (κ3) is 3.39. The van der Waals surface area contributed by atoms with Gasteiger partial charge in [-0.3, -0.25) is 0 Å². The molecule has 1 aliphatic rings. The monoisotopic (exact) mass is 283 g/mol. The zero-order valence-corrected chi connectivity index (χ0v) is 11.7. The molecule has 0 bridgehead atoms. The molecule has 0 spiro atoms. The lowest BCUT2D eigenvalue weighted by atomic mass is 9.89. The van der Waals surface area contributed by atoms with E-state index in [1.54, 1.807) is 12.1 Å². The highest BCUT2D eigenvalue weighted by atomic mass is 35.5. The second-order valence-electron chi connectivity index (χ2n) is 4.55. The van der Waals surface area contributed by atoms with Crippen molar-refractivity contribution in [2.45, 2.75) is 25.3 Å². The summed E-state index contributed by atoms with van der Waals surface area (Å²) in [6.07, 6.45) is 1.19. The van der Waals surface area contributed by atoms with Crippen LogP contribution in [-0.2, 0) is 14.3 Å². The summed E-state index contributed by atoms with van der Waals surface area (Å²) >= 11 is 5.97. The van der Waals surface area contributed by atoms with Crippen molar-refractivity contribution in [2.75, 3.05) is 25.1 Å². The lowest BCUT2D eigenvalue weighted by Gasteiger charge is -2.36. The van der Waals surface area contributed by atoms with E-state index in [9.17, 15) is 4.79 Å². The number of carbonyl (C=O) groups excluding carboxylic acids is 1. The summed E-state index contributed by atoms with van der Waals surface area (Å²) in [6.45, 7) is 3.28. The van der Waals surface area contributed by atoms with Crippen molar-refractivity contribution in [3.05, 3.63) is 29.3 Å². The van der Waals surface area contributed by atoms with E-state index < -0.39 is 5.54 Å². The highest BCUT2D eigenvalue weighted by molar-refractivity contribution is 6.30. The van der Waals surface area contributed by atoms with Gasteiger partial charge in [0.1, 0.15) is 5.54 Å². The average molecular weight is 284 g/mol. The van der Waals surface area contributed by atoms with Crippen LogP contribution in [0.4, 0.5) is 5.69 Å². The van der Waals surface area contributed by atoms with Gasteiger partial charge in [-0.25, -0.2) is 4.79 Å². The van der Waals surface area contributed by atoms with Crippen LogP contribution >= 0.6 is 11.6 Å². The van der Waals surface area contributed by atoms with Gasteiger partial charge in [0, 0.05) is 36.8 Å². The van der Waals surface area contributed by atoms with E-state index in [0.29, 0.717) is 37.7 Å². The molecule has 4 nitrogen and oxygen atoms in total. The Labute approximate surface area is 118 Å². The number of esters is 1. The summed E-state index contributed by atoms with van der Waals surface area (Å²) in [7, 11) is 0. The molecule has 104 valence electrons. The highest BCUT2D eigenvalue weighted by Gasteiger charge is 2.41. The zero-order valence-electron chi connectivity index (χ0n) is 10.9. The van der Waals surface area contributed by atoms with Crippen molar-refractivity contribution >= 4 is 23.3 Å². The quantitative estimate of drug-likeness (QED) is 0.863. The molecule has 1 saturated heterocycles. The molecule has 2 rings (SSSR count). The van der Waals surface area contributed by atoms with Gasteiger partial charge in [-0.2, -0.15) is 0 Å². The first-order chi connectivity index (χ1) is 9.16. The lowest BCUT2D eigenvalue weighted by molar-refractivity contribution is -0.152. The number of benzene rings is 1. The van der Waals surface area contributed by atoms with Crippen LogP contribution in [-0.4, -0.2) is 31.3 Å². The predicted octanol–water partition coefficient (Wildman–Crippen LogP) is 2.86. The fourth-order valence-electron chi connectivity index (χ4n) is 2.21. The Morgan fingerprint density at radius 3 is 2.84 bits per heavy atom. The molecule has 5 heteroatoms. The third-order valence-corrected chi connectivity index (χ3v) is 3.46. The molecule has 0 unspecified atom stereocenters. The van der Waals surface area contributed by atoms with Crippen molar-refractivity contribution in [1.29, 1.82) is 0 Å². The van der Waals surface area contributed by atoms with Gasteiger partial charge in [0.2, 0.25) is 0 Å². The maximum absolute atomic E-state index is 12.2. The van der Waals surface area contributed by atoms with E-state index in [4.69, 9.17) is 21.1 Å². The van der Waals surface area contributed by atoms with Crippen molar-refractivity contribution in [2.24, 2.45) is 0 Å². The van der Waals surface area contributed by atoms with Gasteiger partial charge in [0.05, 0.1) is 6.61 Å². The molecule has 0 aromatic heterocycles. The summed E-state index contributed by atoms with van der Waals surface area (Å²) < 4.78 is 10.5. The molecular weight excluding hydrogens is 266 g/mol. The van der Waals surface area contributed by atoms with E-state index in [-0.39, 0.29) is 5.97 Å². The summed E-state index contributed by atoms with van der Waals surface area (Å²) in [5.74, 6) is -0.224. The Hall–Kier alpha value is -1.26. The maximum Gasteiger partial charge on any atom is 0.331 e. The topological polar surface area (TPSA) is 47.6 Å². The molecule has 1 aromatic rings. The molecule has 1 fully saturated rings. The third-order valence-electron chi connectivity index (χ3n) is 3.22. The number of hydrogen-bond donors (Lipinski definition) is 1. The molecule has 0 atom stereocenters. The fourth-order valence-corrected chi connectivity index (χ4v) is 2.40. The van der Waals surface area contributed by atoms with Crippen LogP contribution in [0, 0.1) is 0 Å². The Morgan fingerprint density at radius 1 is 1.47 bits per heavy atom. The van der Waals surface area contributed by atoms with Gasteiger partial charge in [-0.15, -0.1) is 0 Å². The Morgan fingerprint density at radius 2 is 2.21 bits per heavy atom. The molecule has 1 aromatic carbocycles. The number of rotatable bonds is 4. The number of anilines is 1. The molecule has 0 aliphatic carbocycles. The Balaban J connectivity index is 2.20. The van der Waals surface area contributed by atoms with E-state index in [1.165, 1.54) is 0 Å². The predicted molar refractivity (Wildman–Crippen MR) is 74.5 cm³/mol. The second kappa shape index (κ2) is 6.26. The number of nitrogens with one attached hydrogen (secondary N) is 1. The molecule has 0 radical (unpaired) electrons. The number of halogens is 1. The second-order valence-corrected chi connectivity index (χ2v) is 4.99. The summed E-state index contributed by atoms with van der Waals surface area (Å²) in [6, 6.07) is 7.34. The number of carbonyl (C=O) groups is 1. The van der Waals surface area contributed by atoms with Crippen LogP contribution in [0.1, 0.15) is 19.8 Å². The first kappa shape index (κ1) is 14.2. The van der Waals surface area contributed by atoms with E-state index >= 15 is 0 Å². The smallest absolute Gasteiger partial charge is 0.331 e. The van der Waals surface area contributed by atoms with Gasteiger partial charge in [-0.1, -0.05) is 17.7 Å². The van der Waals surface area contributed by atoms with Gasteiger partial charge >= 0.3 is 5.97 Å². The van der Waals surface area contributed by atoms with Crippen LogP contribution in [0.5, 0.6) is 0 Å². The van der Waals surface area contributed by atoms with Crippen molar-refractivity contribution in [1.82, 2.24) is 0 Å². The first-order valence-electron chi connectivity index (χ1n) is 6.45. The van der Waals surface area contributed by atoms with Gasteiger partial charge in [0.15, 0.2) is 0 Å². The summed E-state index contributed by atoms with van der Waals surface area (Å²) in [5, 5.41) is 3.92. The van der Waals surface area contributed by atoms with E-state index in [2.05, 4.69) is 5.32 Å². The Kier molecular flexibility index (Phi) is 4.66. The fraction of sp³-hybridized carbons (Fsp3) is 0.500. The minimum atomic E-state index is -0.709. The first-order valence-corrected chi connectivity index (χ1v) is 6.83. The summed E-state index contributed by atoms with van der Waals surface area (Å²) in [5.41, 5.74) is 0.112. The normalized spacial score (nSPS) is 17.8. The van der Waals surface area contributed by atoms with Gasteiger partial charge in [0.25, 0.3) is 0 Å². The van der Waals surface area contributed by atoms with Crippen LogP contribution in [0.15, 0.2) is 24.3 Å². The average Bonchev–Trinajstić information content (AvgIpc) is 2.40. The van der Waals surface area contributed by atoms with Crippen molar-refractivity contribution < 1.29 is 14.3 Å². The molecule has 1 aliphatic heterocycles. The van der Waals surface area contributed by atoms with Crippen LogP contribution in [0.2, 0.25) is 5.02 Å². The minimum Gasteiger partial charge on any atom is -0.464 e. The van der Waals surface area contributed by atoms with E-state index in [1.807, 2.05) is 19.1 Å². The molecular formula is C14H18ClNO3. The standard InChI is InChI=1S/C14H18ClNO3/c1-2-19-13(17)14(6-8-18-9-7-14)16-12-5-3-4-11(15)10-12/h3-5,10,16H,2,6-9H2,1H3. The van der Waals surface area contributed by atoms with Crippen LogP contribution in [0.25, 0.3) is 0 Å². The van der Waals surface area contributed by atoms with Crippen molar-refractivity contribution in [3.63, 3.8) is 0 Å². The maximum atomic E-state index is 12.2. The van der Waals surface area contributed by atoms with Gasteiger partial charge < -0.3 is 14.8 Å². The molecule has 1 N–H and O–H groups in total. The highest BCUT2D eigenvalue weighted by Crippen LogP contribution is 2.28. The Bertz CT molecular complexity index is 444. The number of ether oxygens (including phenoxy) is 2. The zero-order chi connectivity index (χ0) is 13.7. The number of hydrogen-bond acceptors (Lipinski definition) is 4. The molecule has 0 saturated carbocycles. The largest absolute Gasteiger partial charge is 0.464 e. The molecule has 19 heavy (non-hydrogen) atoms. The molecule has 1 heterocycles. The molecule has 0 amide bonds.